The van der Waals surface area contributed by atoms with Gasteiger partial charge in [-0.3, -0.25) is 9.69 Å². The predicted molar refractivity (Wildman–Crippen MR) is 68.7 cm³/mol. The fraction of sp³-hybridized carbons (Fsp3) is 0.923. The Balaban J connectivity index is 1.88. The van der Waals surface area contributed by atoms with Crippen molar-refractivity contribution in [1.82, 2.24) is 9.80 Å². The fourth-order valence-electron chi connectivity index (χ4n) is 3.03. The molecule has 2 fully saturated rings. The van der Waals surface area contributed by atoms with Gasteiger partial charge >= 0.3 is 0 Å². The summed E-state index contributed by atoms with van der Waals surface area (Å²) >= 11 is 0. The molecule has 0 saturated carbocycles. The van der Waals surface area contributed by atoms with Crippen molar-refractivity contribution in [1.29, 1.82) is 0 Å². The number of nitrogens with zero attached hydrogens (tertiary/aromatic N) is 2. The molecule has 2 aliphatic heterocycles. The van der Waals surface area contributed by atoms with E-state index in [1.54, 1.807) is 0 Å². The number of piperazine rings is 1. The molecule has 4 heteroatoms. The Labute approximate surface area is 104 Å². The number of carbonyl (C=O) groups is 1. The van der Waals surface area contributed by atoms with Crippen molar-refractivity contribution in [3.05, 3.63) is 0 Å². The Kier molecular flexibility index (Phi) is 4.40. The molecule has 1 amide bonds. The minimum absolute atomic E-state index is 0.164. The third-order valence-electron chi connectivity index (χ3n) is 4.07. The summed E-state index contributed by atoms with van der Waals surface area (Å²) in [5.74, 6) is 0.164. The summed E-state index contributed by atoms with van der Waals surface area (Å²) in [4.78, 5) is 16.7. The van der Waals surface area contributed by atoms with Crippen LogP contribution in [0.25, 0.3) is 0 Å². The summed E-state index contributed by atoms with van der Waals surface area (Å²) < 4.78 is 0. The van der Waals surface area contributed by atoms with E-state index < -0.39 is 0 Å². The van der Waals surface area contributed by atoms with Crippen molar-refractivity contribution >= 4 is 5.91 Å². The van der Waals surface area contributed by atoms with E-state index in [0.29, 0.717) is 6.04 Å². The molecule has 2 saturated heterocycles. The van der Waals surface area contributed by atoms with Gasteiger partial charge in [-0.15, -0.1) is 0 Å². The smallest absolute Gasteiger partial charge is 0.239 e. The topological polar surface area (TPSA) is 49.6 Å². The van der Waals surface area contributed by atoms with E-state index in [4.69, 9.17) is 5.73 Å². The Morgan fingerprint density at radius 3 is 2.94 bits per heavy atom. The van der Waals surface area contributed by atoms with Gasteiger partial charge in [0.15, 0.2) is 0 Å². The molecule has 0 aromatic heterocycles. The maximum absolute atomic E-state index is 12.1. The largest absolute Gasteiger partial charge is 0.338 e. The Hall–Kier alpha value is -0.610. The molecule has 4 nitrogen and oxygen atoms in total. The number of amides is 1. The zero-order chi connectivity index (χ0) is 12.3. The monoisotopic (exact) mass is 239 g/mol. The molecule has 2 atom stereocenters. The lowest BCUT2D eigenvalue weighted by Crippen LogP contribution is -2.58. The quantitative estimate of drug-likeness (QED) is 0.793. The highest BCUT2D eigenvalue weighted by Gasteiger charge is 2.32. The van der Waals surface area contributed by atoms with Crippen LogP contribution in [0.3, 0.4) is 0 Å². The van der Waals surface area contributed by atoms with Crippen LogP contribution in [0.2, 0.25) is 0 Å². The molecular formula is C13H25N3O. The summed E-state index contributed by atoms with van der Waals surface area (Å²) in [7, 11) is 0. The van der Waals surface area contributed by atoms with Gasteiger partial charge in [0.25, 0.3) is 0 Å². The third-order valence-corrected chi connectivity index (χ3v) is 4.07. The molecule has 2 heterocycles. The van der Waals surface area contributed by atoms with Crippen molar-refractivity contribution in [2.75, 3.05) is 26.2 Å². The number of carbonyl (C=O) groups excluding carboxylic acids is 1. The average molecular weight is 239 g/mol. The van der Waals surface area contributed by atoms with Crippen LogP contribution in [0.1, 0.15) is 39.0 Å². The van der Waals surface area contributed by atoms with E-state index >= 15 is 0 Å². The van der Waals surface area contributed by atoms with E-state index in [9.17, 15) is 4.79 Å². The van der Waals surface area contributed by atoms with Gasteiger partial charge in [0, 0.05) is 25.7 Å². The molecule has 2 rings (SSSR count). The lowest BCUT2D eigenvalue weighted by atomic mass is 9.99. The number of nitrogens with two attached hydrogens (primary N) is 1. The highest BCUT2D eigenvalue weighted by atomic mass is 16.2. The van der Waals surface area contributed by atoms with E-state index in [1.165, 1.54) is 25.8 Å². The molecule has 0 aromatic rings. The molecule has 2 N–H and O–H groups in total. The van der Waals surface area contributed by atoms with Gasteiger partial charge in [-0.1, -0.05) is 19.8 Å². The number of hydrogen-bond donors (Lipinski definition) is 1. The fourth-order valence-corrected chi connectivity index (χ4v) is 3.03. The summed E-state index contributed by atoms with van der Waals surface area (Å²) in [6, 6.07) is 0.311. The maximum Gasteiger partial charge on any atom is 0.239 e. The molecule has 0 unspecified atom stereocenters. The van der Waals surface area contributed by atoms with Crippen molar-refractivity contribution in [2.45, 2.75) is 51.1 Å². The van der Waals surface area contributed by atoms with Crippen LogP contribution in [0, 0.1) is 0 Å². The van der Waals surface area contributed by atoms with Crippen LogP contribution in [-0.4, -0.2) is 54.0 Å². The molecule has 0 aromatic carbocycles. The van der Waals surface area contributed by atoms with Crippen LogP contribution in [0.4, 0.5) is 0 Å². The van der Waals surface area contributed by atoms with Gasteiger partial charge in [0.05, 0.1) is 6.04 Å². The molecule has 0 aliphatic carbocycles. The van der Waals surface area contributed by atoms with Crippen molar-refractivity contribution in [2.24, 2.45) is 5.73 Å². The normalized spacial score (nSPS) is 27.6. The predicted octanol–water partition coefficient (Wildman–Crippen LogP) is 0.811. The summed E-state index contributed by atoms with van der Waals surface area (Å²) in [5.41, 5.74) is 5.92. The van der Waals surface area contributed by atoms with Gasteiger partial charge in [0.2, 0.25) is 5.91 Å². The number of piperidine rings is 1. The molecule has 98 valence electrons. The standard InChI is InChI=1S/C13H25N3O/c1-2-5-12(14)13(17)16-9-8-15-7-4-3-6-11(15)10-16/h11-12H,2-10,14H2,1H3/t11-,12+/m1/s1. The first-order chi connectivity index (χ1) is 8.22. The Morgan fingerprint density at radius 1 is 1.35 bits per heavy atom. The van der Waals surface area contributed by atoms with Crippen LogP contribution in [0.5, 0.6) is 0 Å². The average Bonchev–Trinajstić information content (AvgIpc) is 2.37. The Morgan fingerprint density at radius 2 is 2.18 bits per heavy atom. The lowest BCUT2D eigenvalue weighted by Gasteiger charge is -2.44. The summed E-state index contributed by atoms with van der Waals surface area (Å²) in [6.45, 7) is 6.10. The molecule has 0 radical (unpaired) electrons. The van der Waals surface area contributed by atoms with Crippen LogP contribution in [0.15, 0.2) is 0 Å². The van der Waals surface area contributed by atoms with Crippen molar-refractivity contribution in [3.8, 4) is 0 Å². The second-order valence-electron chi connectivity index (χ2n) is 5.36. The van der Waals surface area contributed by atoms with Crippen LogP contribution >= 0.6 is 0 Å². The first kappa shape index (κ1) is 12.8. The maximum atomic E-state index is 12.1. The van der Waals surface area contributed by atoms with Gasteiger partial charge in [-0.2, -0.15) is 0 Å². The van der Waals surface area contributed by atoms with Crippen LogP contribution in [-0.2, 0) is 4.79 Å². The highest BCUT2D eigenvalue weighted by Crippen LogP contribution is 2.21. The lowest BCUT2D eigenvalue weighted by molar-refractivity contribution is -0.136. The van der Waals surface area contributed by atoms with E-state index in [-0.39, 0.29) is 11.9 Å². The highest BCUT2D eigenvalue weighted by molar-refractivity contribution is 5.81. The first-order valence-corrected chi connectivity index (χ1v) is 7.00. The number of rotatable bonds is 3. The molecule has 0 spiro atoms. The molecular weight excluding hydrogens is 214 g/mol. The molecule has 0 bridgehead atoms. The minimum Gasteiger partial charge on any atom is -0.338 e. The second-order valence-corrected chi connectivity index (χ2v) is 5.36. The molecule has 2 aliphatic rings. The second kappa shape index (κ2) is 5.83. The van der Waals surface area contributed by atoms with Gasteiger partial charge < -0.3 is 10.6 Å². The Bertz CT molecular complexity index is 269. The minimum atomic E-state index is -0.282. The number of hydrogen-bond acceptors (Lipinski definition) is 3. The zero-order valence-electron chi connectivity index (χ0n) is 10.9. The number of fused-ring (bicyclic) bond motifs is 1. The van der Waals surface area contributed by atoms with Crippen LogP contribution < -0.4 is 5.73 Å². The van der Waals surface area contributed by atoms with E-state index in [2.05, 4.69) is 11.8 Å². The van der Waals surface area contributed by atoms with E-state index in [1.807, 2.05) is 4.90 Å². The van der Waals surface area contributed by atoms with Gasteiger partial charge in [-0.25, -0.2) is 0 Å². The van der Waals surface area contributed by atoms with Crippen molar-refractivity contribution in [3.63, 3.8) is 0 Å². The first-order valence-electron chi connectivity index (χ1n) is 7.00. The zero-order valence-corrected chi connectivity index (χ0v) is 10.9. The summed E-state index contributed by atoms with van der Waals surface area (Å²) in [6.07, 6.45) is 5.66. The molecule has 17 heavy (non-hydrogen) atoms. The van der Waals surface area contributed by atoms with Gasteiger partial charge in [-0.05, 0) is 25.8 Å². The summed E-state index contributed by atoms with van der Waals surface area (Å²) in [5, 5.41) is 0. The van der Waals surface area contributed by atoms with Crippen molar-refractivity contribution < 1.29 is 4.79 Å². The SMILES string of the molecule is CCC[C@H](N)C(=O)N1CCN2CCCC[C@@H]2C1. The van der Waals surface area contributed by atoms with E-state index in [0.717, 1.165) is 32.5 Å². The van der Waals surface area contributed by atoms with Gasteiger partial charge in [0.1, 0.15) is 0 Å². The third kappa shape index (κ3) is 2.99.